The summed E-state index contributed by atoms with van der Waals surface area (Å²) < 4.78 is 28.1. The zero-order valence-electron chi connectivity index (χ0n) is 11.6. The summed E-state index contributed by atoms with van der Waals surface area (Å²) in [5.41, 5.74) is 0. The molecule has 0 unspecified atom stereocenters. The minimum absolute atomic E-state index is 0.186. The Morgan fingerprint density at radius 3 is 1.64 bits per heavy atom. The molecule has 13 heteroatoms. The predicted molar refractivity (Wildman–Crippen MR) is 65.5 cm³/mol. The second-order valence-electron chi connectivity index (χ2n) is 3.57. The maximum Gasteiger partial charge on any atom is 0.648 e. The molecule has 0 saturated carbocycles. The van der Waals surface area contributed by atoms with Gasteiger partial charge >= 0.3 is 23.9 Å². The lowest BCUT2D eigenvalue weighted by atomic mass is 10.5. The number of halogens is 1. The van der Waals surface area contributed by atoms with Gasteiger partial charge in [0.05, 0.1) is 13.2 Å². The van der Waals surface area contributed by atoms with Crippen molar-refractivity contribution in [1.82, 2.24) is 15.0 Å². The van der Waals surface area contributed by atoms with Crippen molar-refractivity contribution < 1.29 is 28.4 Å². The van der Waals surface area contributed by atoms with E-state index in [9.17, 15) is 24.6 Å². The van der Waals surface area contributed by atoms with Crippen molar-refractivity contribution in [3.8, 4) is 18.0 Å². The van der Waals surface area contributed by atoms with E-state index in [2.05, 4.69) is 19.7 Å². The molecule has 0 amide bonds. The fourth-order valence-corrected chi connectivity index (χ4v) is 1.10. The highest BCUT2D eigenvalue weighted by atomic mass is 19.2. The van der Waals surface area contributed by atoms with E-state index in [1.54, 1.807) is 13.8 Å². The molecule has 22 heavy (non-hydrogen) atoms. The molecule has 0 atom stereocenters. The standard InChI is InChI=1S/C9H12FN5O7/c1-3-20-6-11-7(21-4-2)13-8(12-6)22-5-9(10,14(16)17)15(18)19/h3-5H2,1-2H3. The fourth-order valence-electron chi connectivity index (χ4n) is 1.10. The molecule has 0 saturated heterocycles. The molecule has 122 valence electrons. The summed E-state index contributed by atoms with van der Waals surface area (Å²) in [5.74, 6) is -4.02. The first-order chi connectivity index (χ1) is 10.3. The van der Waals surface area contributed by atoms with Crippen molar-refractivity contribution in [2.24, 2.45) is 0 Å². The van der Waals surface area contributed by atoms with Crippen LogP contribution in [-0.4, -0.2) is 50.5 Å². The molecule has 12 nitrogen and oxygen atoms in total. The Bertz CT molecular complexity index is 519. The zero-order chi connectivity index (χ0) is 16.8. The van der Waals surface area contributed by atoms with Crippen LogP contribution in [0.2, 0.25) is 0 Å². The van der Waals surface area contributed by atoms with E-state index in [4.69, 9.17) is 9.47 Å². The highest BCUT2D eigenvalue weighted by Gasteiger charge is 2.59. The Morgan fingerprint density at radius 2 is 1.32 bits per heavy atom. The number of nitrogens with zero attached hydrogens (tertiary/aromatic N) is 5. The van der Waals surface area contributed by atoms with Crippen LogP contribution in [0.1, 0.15) is 13.8 Å². The van der Waals surface area contributed by atoms with Crippen LogP contribution in [0, 0.1) is 20.2 Å². The molecule has 0 N–H and O–H groups in total. The first kappa shape index (κ1) is 17.2. The maximum absolute atomic E-state index is 13.6. The number of hydrogen-bond donors (Lipinski definition) is 0. The van der Waals surface area contributed by atoms with Crippen LogP contribution in [0.25, 0.3) is 0 Å². The van der Waals surface area contributed by atoms with Crippen LogP contribution in [0.5, 0.6) is 18.0 Å². The quantitative estimate of drug-likeness (QED) is 0.267. The number of ether oxygens (including phenoxy) is 3. The van der Waals surface area contributed by atoms with Gasteiger partial charge in [-0.3, -0.25) is 20.2 Å². The van der Waals surface area contributed by atoms with Gasteiger partial charge in [-0.25, -0.2) is 0 Å². The third-order valence-electron chi connectivity index (χ3n) is 2.07. The van der Waals surface area contributed by atoms with Crippen LogP contribution in [0.4, 0.5) is 4.39 Å². The molecular formula is C9H12FN5O7. The van der Waals surface area contributed by atoms with Gasteiger partial charge < -0.3 is 14.2 Å². The van der Waals surface area contributed by atoms with Gasteiger partial charge in [-0.05, 0) is 13.8 Å². The average Bonchev–Trinajstić information content (AvgIpc) is 2.44. The smallest absolute Gasteiger partial charge is 0.464 e. The van der Waals surface area contributed by atoms with Gasteiger partial charge in [-0.2, -0.15) is 0 Å². The third kappa shape index (κ3) is 4.07. The van der Waals surface area contributed by atoms with E-state index in [1.165, 1.54) is 0 Å². The molecule has 0 aromatic carbocycles. The molecule has 0 fully saturated rings. The van der Waals surface area contributed by atoms with E-state index < -0.39 is 28.4 Å². The Kier molecular flexibility index (Phi) is 5.65. The molecule has 0 aliphatic heterocycles. The third-order valence-corrected chi connectivity index (χ3v) is 2.07. The van der Waals surface area contributed by atoms with Crippen LogP contribution >= 0.6 is 0 Å². The molecule has 1 heterocycles. The maximum atomic E-state index is 13.6. The second-order valence-corrected chi connectivity index (χ2v) is 3.57. The molecule has 0 bridgehead atoms. The number of aromatic nitrogens is 3. The lowest BCUT2D eigenvalue weighted by Gasteiger charge is -2.10. The number of rotatable bonds is 9. The summed E-state index contributed by atoms with van der Waals surface area (Å²) in [6.45, 7) is 2.11. The summed E-state index contributed by atoms with van der Waals surface area (Å²) in [4.78, 5) is 28.3. The minimum Gasteiger partial charge on any atom is -0.464 e. The predicted octanol–water partition coefficient (Wildman–Crippen LogP) is 0.224. The summed E-state index contributed by atoms with van der Waals surface area (Å²) in [6.07, 6.45) is 0. The summed E-state index contributed by atoms with van der Waals surface area (Å²) in [7, 11) is 0. The SMILES string of the molecule is CCOc1nc(OCC)nc(OCC(F)([N+](=O)[O-])[N+](=O)[O-])n1. The topological polar surface area (TPSA) is 153 Å². The average molecular weight is 321 g/mol. The molecule has 0 radical (unpaired) electrons. The van der Waals surface area contributed by atoms with E-state index in [0.29, 0.717) is 0 Å². The van der Waals surface area contributed by atoms with Gasteiger partial charge in [0.2, 0.25) is 0 Å². The van der Waals surface area contributed by atoms with Gasteiger partial charge in [0.25, 0.3) is 6.61 Å². The normalized spacial score (nSPS) is 10.9. The Hall–Kier alpha value is -2.86. The zero-order valence-corrected chi connectivity index (χ0v) is 11.6. The van der Waals surface area contributed by atoms with Crippen molar-refractivity contribution >= 4 is 0 Å². The van der Waals surface area contributed by atoms with Gasteiger partial charge in [-0.1, -0.05) is 4.39 Å². The van der Waals surface area contributed by atoms with Gasteiger partial charge in [-0.15, -0.1) is 15.0 Å². The van der Waals surface area contributed by atoms with Gasteiger partial charge in [0, 0.05) is 0 Å². The summed E-state index contributed by atoms with van der Waals surface area (Å²) in [6, 6.07) is -1.07. The first-order valence-corrected chi connectivity index (χ1v) is 5.95. The monoisotopic (exact) mass is 321 g/mol. The van der Waals surface area contributed by atoms with E-state index in [-0.39, 0.29) is 25.2 Å². The fraction of sp³-hybridized carbons (Fsp3) is 0.667. The lowest BCUT2D eigenvalue weighted by molar-refractivity contribution is -0.831. The molecule has 0 aliphatic rings. The molecule has 0 spiro atoms. The van der Waals surface area contributed by atoms with Crippen LogP contribution in [0.15, 0.2) is 0 Å². The Balaban J connectivity index is 2.96. The van der Waals surface area contributed by atoms with Gasteiger partial charge in [0.1, 0.15) is 9.85 Å². The second kappa shape index (κ2) is 7.24. The van der Waals surface area contributed by atoms with Crippen molar-refractivity contribution in [3.63, 3.8) is 0 Å². The Morgan fingerprint density at radius 1 is 0.955 bits per heavy atom. The van der Waals surface area contributed by atoms with E-state index >= 15 is 0 Å². The molecule has 1 rings (SSSR count). The van der Waals surface area contributed by atoms with Gasteiger partial charge in [0.15, 0.2) is 0 Å². The molecule has 1 aromatic rings. The van der Waals surface area contributed by atoms with Crippen molar-refractivity contribution in [2.75, 3.05) is 19.8 Å². The molecule has 0 aliphatic carbocycles. The van der Waals surface area contributed by atoms with Crippen molar-refractivity contribution in [2.45, 2.75) is 19.8 Å². The van der Waals surface area contributed by atoms with Crippen LogP contribution in [0.3, 0.4) is 0 Å². The van der Waals surface area contributed by atoms with Crippen molar-refractivity contribution in [1.29, 1.82) is 0 Å². The van der Waals surface area contributed by atoms with Crippen molar-refractivity contribution in [3.05, 3.63) is 20.2 Å². The highest BCUT2D eigenvalue weighted by molar-refractivity contribution is 5.08. The summed E-state index contributed by atoms with van der Waals surface area (Å²) in [5, 5.41) is 20.9. The van der Waals surface area contributed by atoms with E-state index in [1.807, 2.05) is 0 Å². The number of hydrogen-bond acceptors (Lipinski definition) is 10. The first-order valence-electron chi connectivity index (χ1n) is 5.95. The number of alkyl halides is 1. The molecule has 1 aromatic heterocycles. The van der Waals surface area contributed by atoms with Crippen LogP contribution < -0.4 is 14.2 Å². The summed E-state index contributed by atoms with van der Waals surface area (Å²) >= 11 is 0. The van der Waals surface area contributed by atoms with E-state index in [0.717, 1.165) is 0 Å². The minimum atomic E-state index is -4.02. The largest absolute Gasteiger partial charge is 0.648 e. The number of nitro groups is 2. The van der Waals surface area contributed by atoms with Crippen LogP contribution in [-0.2, 0) is 0 Å². The highest BCUT2D eigenvalue weighted by Crippen LogP contribution is 2.18. The molecular weight excluding hydrogens is 309 g/mol. The lowest BCUT2D eigenvalue weighted by Crippen LogP contribution is -2.47. The Labute approximate surface area is 122 Å².